The SMILES string of the molecule is [3H]c1c([3H])c([3H])c(-c2cccc(I)c2)c([3H])c1[3H]. The highest BCUT2D eigenvalue weighted by Crippen LogP contribution is 2.20. The maximum Gasteiger partial charge on any atom is 0.0629 e. The lowest BCUT2D eigenvalue weighted by molar-refractivity contribution is 1.59. The predicted octanol–water partition coefficient (Wildman–Crippen LogP) is 3.96. The fourth-order valence-electron chi connectivity index (χ4n) is 1.04. The average Bonchev–Trinajstić information content (AvgIpc) is 2.34. The van der Waals surface area contributed by atoms with Gasteiger partial charge in [0, 0.05) is 3.57 Å². The molecule has 2 aromatic carbocycles. The van der Waals surface area contributed by atoms with Crippen molar-refractivity contribution in [2.75, 3.05) is 0 Å². The van der Waals surface area contributed by atoms with Crippen LogP contribution in [0, 0.1) is 3.57 Å². The van der Waals surface area contributed by atoms with E-state index in [1.165, 1.54) is 0 Å². The van der Waals surface area contributed by atoms with Gasteiger partial charge in [-0.3, -0.25) is 0 Å². The first-order chi connectivity index (χ1) is 8.43. The molecular weight excluding hydrogens is 271 g/mol. The van der Waals surface area contributed by atoms with Gasteiger partial charge in [-0.05, 0) is 45.9 Å². The predicted molar refractivity (Wildman–Crippen MR) is 64.6 cm³/mol. The number of hydrogen-bond donors (Lipinski definition) is 0. The number of halogens is 1. The molecule has 0 saturated carbocycles. The van der Waals surface area contributed by atoms with E-state index in [2.05, 4.69) is 22.6 Å². The summed E-state index contributed by atoms with van der Waals surface area (Å²) in [6.07, 6.45) is 0. The first-order valence-corrected chi connectivity index (χ1v) is 4.84. The fraction of sp³-hybridized carbons (Fsp3) is 0. The van der Waals surface area contributed by atoms with Gasteiger partial charge in [0.2, 0.25) is 0 Å². The van der Waals surface area contributed by atoms with Crippen LogP contribution in [-0.4, -0.2) is 0 Å². The Bertz CT molecular complexity index is 595. The van der Waals surface area contributed by atoms with E-state index < -0.39 is 0 Å². The Morgan fingerprint density at radius 3 is 2.46 bits per heavy atom. The summed E-state index contributed by atoms with van der Waals surface area (Å²) in [4.78, 5) is 0. The highest BCUT2D eigenvalue weighted by molar-refractivity contribution is 14.1. The van der Waals surface area contributed by atoms with Crippen molar-refractivity contribution in [3.63, 3.8) is 0 Å². The van der Waals surface area contributed by atoms with E-state index in [4.69, 9.17) is 6.85 Å². The lowest BCUT2D eigenvalue weighted by Gasteiger charge is -2.00. The summed E-state index contributed by atoms with van der Waals surface area (Å²) in [6, 6.07) is 5.95. The summed E-state index contributed by atoms with van der Waals surface area (Å²) in [5.41, 5.74) is 0.887. The van der Waals surface area contributed by atoms with E-state index in [0.717, 1.165) is 3.57 Å². The van der Waals surface area contributed by atoms with Crippen LogP contribution in [0.2, 0.25) is 0 Å². The van der Waals surface area contributed by atoms with Gasteiger partial charge < -0.3 is 0 Å². The van der Waals surface area contributed by atoms with E-state index in [9.17, 15) is 0 Å². The Hall–Kier alpha value is -0.830. The van der Waals surface area contributed by atoms with Crippen molar-refractivity contribution < 1.29 is 6.85 Å². The molecule has 64 valence electrons. The molecule has 0 nitrogen and oxygen atoms in total. The van der Waals surface area contributed by atoms with Crippen LogP contribution in [0.5, 0.6) is 0 Å². The van der Waals surface area contributed by atoms with Crippen LogP contribution in [0.4, 0.5) is 0 Å². The maximum absolute atomic E-state index is 7.87. The third-order valence-corrected chi connectivity index (χ3v) is 2.28. The quantitative estimate of drug-likeness (QED) is 0.697. The molecule has 0 bridgehead atoms. The molecule has 0 spiro atoms. The summed E-state index contributed by atoms with van der Waals surface area (Å²) >= 11 is 2.13. The first-order valence-electron chi connectivity index (χ1n) is 6.26. The van der Waals surface area contributed by atoms with Crippen molar-refractivity contribution >= 4 is 22.6 Å². The maximum atomic E-state index is 7.87. The summed E-state index contributed by atoms with van der Waals surface area (Å²) in [5.74, 6) is 0. The molecule has 1 heteroatoms. The summed E-state index contributed by atoms with van der Waals surface area (Å²) in [7, 11) is 0. The molecule has 0 aromatic heterocycles. The zero-order valence-corrected chi connectivity index (χ0v) is 8.84. The lowest BCUT2D eigenvalue weighted by Crippen LogP contribution is -1.77. The third-order valence-electron chi connectivity index (χ3n) is 1.61. The van der Waals surface area contributed by atoms with Gasteiger partial charge in [0.1, 0.15) is 0 Å². The molecule has 0 unspecified atom stereocenters. The lowest BCUT2D eigenvalue weighted by atomic mass is 10.1. The van der Waals surface area contributed by atoms with Crippen LogP contribution < -0.4 is 0 Å². The second-order valence-electron chi connectivity index (χ2n) is 2.51. The molecule has 0 aliphatic heterocycles. The van der Waals surface area contributed by atoms with Crippen LogP contribution in [0.25, 0.3) is 11.1 Å². The van der Waals surface area contributed by atoms with Crippen LogP contribution in [0.1, 0.15) is 6.85 Å². The van der Waals surface area contributed by atoms with E-state index in [1.54, 1.807) is 18.2 Å². The average molecular weight is 290 g/mol. The summed E-state index contributed by atoms with van der Waals surface area (Å²) < 4.78 is 39.5. The Labute approximate surface area is 98.8 Å². The van der Waals surface area contributed by atoms with Gasteiger partial charge in [0.05, 0.1) is 6.85 Å². The van der Waals surface area contributed by atoms with Gasteiger partial charge in [-0.1, -0.05) is 42.3 Å². The van der Waals surface area contributed by atoms with Gasteiger partial charge in [-0.15, -0.1) is 0 Å². The highest BCUT2D eigenvalue weighted by atomic mass is 127. The molecule has 0 heterocycles. The van der Waals surface area contributed by atoms with Gasteiger partial charge in [0.25, 0.3) is 0 Å². The van der Waals surface area contributed by atoms with Crippen LogP contribution in [0.3, 0.4) is 0 Å². The van der Waals surface area contributed by atoms with E-state index in [-0.39, 0.29) is 35.8 Å². The first kappa shape index (κ1) is 4.60. The standard InChI is InChI=1S/C12H9I/c13-12-8-4-7-11(9-12)10-5-2-1-3-6-10/h1-9H/i1T,2T,3T,5T,6T. The smallest absolute Gasteiger partial charge is 0.0622 e. The molecule has 2 aromatic rings. The molecule has 0 saturated heterocycles. The molecule has 0 aliphatic carbocycles. The van der Waals surface area contributed by atoms with Gasteiger partial charge in [-0.2, -0.15) is 0 Å². The minimum absolute atomic E-state index is 0.164. The number of rotatable bonds is 1. The second-order valence-corrected chi connectivity index (χ2v) is 3.76. The zero-order chi connectivity index (χ0) is 13.4. The minimum Gasteiger partial charge on any atom is -0.0622 e. The molecule has 0 amide bonds. The monoisotopic (exact) mass is 290 g/mol. The molecule has 0 atom stereocenters. The van der Waals surface area contributed by atoms with Crippen molar-refractivity contribution in [1.29, 1.82) is 0 Å². The van der Waals surface area contributed by atoms with Crippen LogP contribution >= 0.6 is 22.6 Å². The van der Waals surface area contributed by atoms with Crippen molar-refractivity contribution in [2.24, 2.45) is 0 Å². The molecule has 2 rings (SSSR count). The summed E-state index contributed by atoms with van der Waals surface area (Å²) in [5, 5.41) is 0. The zero-order valence-electron chi connectivity index (χ0n) is 11.7. The molecule has 0 aliphatic rings. The molecule has 0 radical (unpaired) electrons. The van der Waals surface area contributed by atoms with Crippen molar-refractivity contribution in [3.05, 3.63) is 58.0 Å². The van der Waals surface area contributed by atoms with Gasteiger partial charge >= 0.3 is 0 Å². The molecular formula is C12H9I. The Balaban J connectivity index is 2.80. The van der Waals surface area contributed by atoms with E-state index in [1.807, 2.05) is 6.07 Å². The summed E-state index contributed by atoms with van der Waals surface area (Å²) in [6.45, 7) is 0. The van der Waals surface area contributed by atoms with Crippen molar-refractivity contribution in [1.82, 2.24) is 0 Å². The number of hydrogen-bond acceptors (Lipinski definition) is 0. The molecule has 0 N–H and O–H groups in total. The number of benzene rings is 2. The van der Waals surface area contributed by atoms with E-state index >= 15 is 0 Å². The van der Waals surface area contributed by atoms with Crippen molar-refractivity contribution in [2.45, 2.75) is 0 Å². The largest absolute Gasteiger partial charge is 0.0629 e. The van der Waals surface area contributed by atoms with Gasteiger partial charge in [-0.25, -0.2) is 0 Å². The molecule has 13 heavy (non-hydrogen) atoms. The van der Waals surface area contributed by atoms with Crippen LogP contribution in [0.15, 0.2) is 54.5 Å². The minimum atomic E-state index is -0.362. The molecule has 0 fully saturated rings. The van der Waals surface area contributed by atoms with Crippen molar-refractivity contribution in [3.8, 4) is 11.1 Å². The fourth-order valence-corrected chi connectivity index (χ4v) is 1.58. The Kier molecular flexibility index (Phi) is 1.39. The van der Waals surface area contributed by atoms with Gasteiger partial charge in [0.15, 0.2) is 0 Å². The topological polar surface area (TPSA) is 0 Å². The Morgan fingerprint density at radius 1 is 1.00 bits per heavy atom. The normalized spacial score (nSPS) is 15.3. The third kappa shape index (κ3) is 2.10. The highest BCUT2D eigenvalue weighted by Gasteiger charge is 1.95. The van der Waals surface area contributed by atoms with Crippen LogP contribution in [-0.2, 0) is 0 Å². The second kappa shape index (κ2) is 3.92. The van der Waals surface area contributed by atoms with E-state index in [0.29, 0.717) is 5.56 Å². The Morgan fingerprint density at radius 2 is 1.77 bits per heavy atom.